The Morgan fingerprint density at radius 3 is 2.33 bits per heavy atom. The van der Waals surface area contributed by atoms with Gasteiger partial charge in [0, 0.05) is 11.9 Å². The minimum Gasteiger partial charge on any atom is -0.478 e. The van der Waals surface area contributed by atoms with Crippen LogP contribution in [0.3, 0.4) is 0 Å². The predicted octanol–water partition coefficient (Wildman–Crippen LogP) is 4.09. The lowest BCUT2D eigenvalue weighted by Crippen LogP contribution is -2.16. The number of carbonyl (C=O) groups is 2. The highest BCUT2D eigenvalue weighted by Crippen LogP contribution is 2.18. The number of hydrogen-bond donors (Lipinski definition) is 2. The van der Waals surface area contributed by atoms with Crippen molar-refractivity contribution in [3.63, 3.8) is 0 Å². The fraction of sp³-hybridized carbons (Fsp3) is 0.105. The Bertz CT molecular complexity index is 793. The molecule has 0 fully saturated rings. The summed E-state index contributed by atoms with van der Waals surface area (Å²) >= 11 is 0. The third-order valence-electron chi connectivity index (χ3n) is 3.31. The van der Waals surface area contributed by atoms with Crippen LogP contribution >= 0.6 is 0 Å². The molecule has 0 aliphatic carbocycles. The first-order valence-electron chi connectivity index (χ1n) is 7.48. The molecule has 1 amide bonds. The predicted molar refractivity (Wildman–Crippen MR) is 95.6 cm³/mol. The number of aliphatic imine (C=N–C) groups is 1. The molecule has 24 heavy (non-hydrogen) atoms. The first-order chi connectivity index (χ1) is 11.5. The average Bonchev–Trinajstić information content (AvgIpc) is 2.60. The zero-order chi connectivity index (χ0) is 17.5. The maximum Gasteiger partial charge on any atom is 0.336 e. The Balaban J connectivity index is 2.14. The molecule has 0 atom stereocenters. The van der Waals surface area contributed by atoms with Gasteiger partial charge >= 0.3 is 5.97 Å². The lowest BCUT2D eigenvalue weighted by molar-refractivity contribution is 0.0692. The standard InChI is InChI=1S/C19H18N2O3/c1-3-12-20-13(2)14-8-10-15(11-9-14)21-18(22)16-6-4-5-7-17(16)19(23)24/h4-12H,2-3H2,1H3,(H,21,22)(H,23,24). The summed E-state index contributed by atoms with van der Waals surface area (Å²) < 4.78 is 0. The van der Waals surface area contributed by atoms with E-state index in [0.717, 1.165) is 12.0 Å². The van der Waals surface area contributed by atoms with Gasteiger partial charge in [0.05, 0.1) is 16.8 Å². The maximum atomic E-state index is 12.3. The first-order valence-corrected chi connectivity index (χ1v) is 7.48. The van der Waals surface area contributed by atoms with Gasteiger partial charge in [-0.3, -0.25) is 9.79 Å². The number of amides is 1. The number of hydrogen-bond acceptors (Lipinski definition) is 3. The minimum atomic E-state index is -1.14. The number of carboxylic acids is 1. The Labute approximate surface area is 140 Å². The summed E-state index contributed by atoms with van der Waals surface area (Å²) in [4.78, 5) is 27.7. The van der Waals surface area contributed by atoms with E-state index in [2.05, 4.69) is 16.9 Å². The molecule has 2 rings (SSSR count). The summed E-state index contributed by atoms with van der Waals surface area (Å²) in [5, 5.41) is 11.8. The number of rotatable bonds is 6. The van der Waals surface area contributed by atoms with Crippen LogP contribution in [0.1, 0.15) is 39.6 Å². The third kappa shape index (κ3) is 4.16. The Hall–Kier alpha value is -3.21. The second-order valence-corrected chi connectivity index (χ2v) is 5.05. The molecule has 0 saturated carbocycles. The molecule has 0 spiro atoms. The van der Waals surface area contributed by atoms with E-state index in [0.29, 0.717) is 11.4 Å². The SMILES string of the molecule is C=C(N=CCC)c1ccc(NC(=O)c2ccccc2C(=O)O)cc1. The number of carbonyl (C=O) groups excluding carboxylic acids is 1. The lowest BCUT2D eigenvalue weighted by Gasteiger charge is -2.08. The lowest BCUT2D eigenvalue weighted by atomic mass is 10.1. The zero-order valence-corrected chi connectivity index (χ0v) is 13.3. The van der Waals surface area contributed by atoms with Crippen molar-refractivity contribution in [2.24, 2.45) is 4.99 Å². The Morgan fingerprint density at radius 2 is 1.75 bits per heavy atom. The van der Waals surface area contributed by atoms with Crippen molar-refractivity contribution >= 4 is 29.5 Å². The first kappa shape index (κ1) is 17.1. The fourth-order valence-corrected chi connectivity index (χ4v) is 2.09. The van der Waals surface area contributed by atoms with Crippen LogP contribution in [-0.2, 0) is 0 Å². The smallest absolute Gasteiger partial charge is 0.336 e. The van der Waals surface area contributed by atoms with E-state index in [-0.39, 0.29) is 11.1 Å². The van der Waals surface area contributed by atoms with Crippen molar-refractivity contribution in [3.05, 3.63) is 71.8 Å². The number of carboxylic acid groups (broad SMARTS) is 1. The van der Waals surface area contributed by atoms with Gasteiger partial charge in [0.1, 0.15) is 0 Å². The number of nitrogens with one attached hydrogen (secondary N) is 1. The van der Waals surface area contributed by atoms with Crippen molar-refractivity contribution < 1.29 is 14.7 Å². The second-order valence-electron chi connectivity index (χ2n) is 5.05. The molecule has 0 saturated heterocycles. The van der Waals surface area contributed by atoms with Crippen molar-refractivity contribution in [1.82, 2.24) is 0 Å². The summed E-state index contributed by atoms with van der Waals surface area (Å²) in [7, 11) is 0. The molecule has 0 unspecified atom stereocenters. The van der Waals surface area contributed by atoms with Crippen molar-refractivity contribution in [3.8, 4) is 0 Å². The monoisotopic (exact) mass is 322 g/mol. The van der Waals surface area contributed by atoms with Crippen molar-refractivity contribution in [2.45, 2.75) is 13.3 Å². The second kappa shape index (κ2) is 7.87. The topological polar surface area (TPSA) is 78.8 Å². The molecule has 0 radical (unpaired) electrons. The average molecular weight is 322 g/mol. The van der Waals surface area contributed by atoms with Crippen molar-refractivity contribution in [1.29, 1.82) is 0 Å². The van der Waals surface area contributed by atoms with Crippen LogP contribution in [0.5, 0.6) is 0 Å². The highest BCUT2D eigenvalue weighted by atomic mass is 16.4. The van der Waals surface area contributed by atoms with Crippen LogP contribution in [0.25, 0.3) is 5.70 Å². The van der Waals surface area contributed by atoms with Gasteiger partial charge in [-0.2, -0.15) is 0 Å². The van der Waals surface area contributed by atoms with Gasteiger partial charge in [0.25, 0.3) is 5.91 Å². The van der Waals surface area contributed by atoms with Crippen LogP contribution in [0.2, 0.25) is 0 Å². The van der Waals surface area contributed by atoms with Gasteiger partial charge in [0.2, 0.25) is 0 Å². The quantitative estimate of drug-likeness (QED) is 0.786. The van der Waals surface area contributed by atoms with Gasteiger partial charge in [-0.05, 0) is 36.2 Å². The van der Waals surface area contributed by atoms with E-state index in [1.165, 1.54) is 12.1 Å². The highest BCUT2D eigenvalue weighted by molar-refractivity contribution is 6.10. The van der Waals surface area contributed by atoms with E-state index in [9.17, 15) is 9.59 Å². The maximum absolute atomic E-state index is 12.3. The molecule has 5 heteroatoms. The minimum absolute atomic E-state index is 0.0334. The molecule has 0 bridgehead atoms. The number of nitrogens with zero attached hydrogens (tertiary/aromatic N) is 1. The molecule has 2 aromatic carbocycles. The fourth-order valence-electron chi connectivity index (χ4n) is 2.09. The van der Waals surface area contributed by atoms with Crippen LogP contribution in [0.4, 0.5) is 5.69 Å². The molecule has 122 valence electrons. The third-order valence-corrected chi connectivity index (χ3v) is 3.31. The van der Waals surface area contributed by atoms with E-state index in [1.54, 1.807) is 42.6 Å². The van der Waals surface area contributed by atoms with Crippen molar-refractivity contribution in [2.75, 3.05) is 5.32 Å². The molecule has 0 aromatic heterocycles. The molecule has 0 aliphatic heterocycles. The zero-order valence-electron chi connectivity index (χ0n) is 13.3. The molecule has 2 N–H and O–H groups in total. The number of anilines is 1. The number of benzene rings is 2. The van der Waals surface area contributed by atoms with Crippen LogP contribution in [-0.4, -0.2) is 23.2 Å². The van der Waals surface area contributed by atoms with E-state index in [4.69, 9.17) is 5.11 Å². The molecule has 0 heterocycles. The molecular formula is C19H18N2O3. The van der Waals surface area contributed by atoms with Gasteiger partial charge in [-0.15, -0.1) is 0 Å². The summed E-state index contributed by atoms with van der Waals surface area (Å²) in [5.41, 5.74) is 2.14. The summed E-state index contributed by atoms with van der Waals surface area (Å²) in [6.07, 6.45) is 2.61. The normalized spacial score (nSPS) is 10.5. The summed E-state index contributed by atoms with van der Waals surface area (Å²) in [6, 6.07) is 13.1. The largest absolute Gasteiger partial charge is 0.478 e. The Morgan fingerprint density at radius 1 is 1.12 bits per heavy atom. The van der Waals surface area contributed by atoms with E-state index in [1.807, 2.05) is 6.92 Å². The molecule has 0 aliphatic rings. The Kier molecular flexibility index (Phi) is 5.63. The van der Waals surface area contributed by atoms with Gasteiger partial charge in [0.15, 0.2) is 0 Å². The molecule has 2 aromatic rings. The molecular weight excluding hydrogens is 304 g/mol. The van der Waals surface area contributed by atoms with Gasteiger partial charge in [-0.25, -0.2) is 4.79 Å². The van der Waals surface area contributed by atoms with Crippen LogP contribution in [0.15, 0.2) is 60.1 Å². The highest BCUT2D eigenvalue weighted by Gasteiger charge is 2.15. The summed E-state index contributed by atoms with van der Waals surface area (Å²) in [5.74, 6) is -1.61. The number of aromatic carboxylic acids is 1. The van der Waals surface area contributed by atoms with Gasteiger partial charge < -0.3 is 10.4 Å². The van der Waals surface area contributed by atoms with Crippen LogP contribution < -0.4 is 5.32 Å². The van der Waals surface area contributed by atoms with E-state index >= 15 is 0 Å². The molecule has 5 nitrogen and oxygen atoms in total. The van der Waals surface area contributed by atoms with E-state index < -0.39 is 11.9 Å². The summed E-state index contributed by atoms with van der Waals surface area (Å²) in [6.45, 7) is 5.87. The van der Waals surface area contributed by atoms with Gasteiger partial charge in [-0.1, -0.05) is 37.8 Å². The van der Waals surface area contributed by atoms with Crippen LogP contribution in [0, 0.1) is 0 Å².